The molecule has 2 saturated heterocycles. The van der Waals surface area contributed by atoms with Gasteiger partial charge < -0.3 is 36.6 Å². The first-order chi connectivity index (χ1) is 40.8. The zero-order chi connectivity index (χ0) is 68.0. The maximum atomic E-state index is 15.4. The highest BCUT2D eigenvalue weighted by Crippen LogP contribution is 2.35. The predicted octanol–water partition coefficient (Wildman–Crippen LogP) is 9.70. The number of hydrogen-bond donors (Lipinski definition) is 6. The van der Waals surface area contributed by atoms with Crippen molar-refractivity contribution < 1.29 is 57.8 Å². The van der Waals surface area contributed by atoms with Gasteiger partial charge in [-0.1, -0.05) is 151 Å². The van der Waals surface area contributed by atoms with Gasteiger partial charge in [0.1, 0.15) is 17.6 Å². The monoisotopic (exact) mass is 1280 g/mol. The maximum absolute atomic E-state index is 15.4. The number of carbonyl (C=O) groups is 11. The first kappa shape index (κ1) is 78.3. The van der Waals surface area contributed by atoms with Gasteiger partial charge in [0.05, 0.1) is 30.2 Å². The summed E-state index contributed by atoms with van der Waals surface area (Å²) in [5.74, 6) is -9.96. The van der Waals surface area contributed by atoms with Gasteiger partial charge in [-0.05, 0) is 106 Å². The van der Waals surface area contributed by atoms with Crippen LogP contribution in [0.4, 0.5) is 0 Å². The molecule has 0 radical (unpaired) electrons. The average molecular weight is 1280 g/mol. The van der Waals surface area contributed by atoms with E-state index in [1.807, 2.05) is 96.9 Å². The van der Waals surface area contributed by atoms with E-state index in [1.165, 1.54) is 17.9 Å². The second kappa shape index (κ2) is 33.6. The lowest BCUT2D eigenvalue weighted by atomic mass is 9.75. The fraction of sp³-hybridized carbons (Fsp3) is 0.754. The Morgan fingerprint density at radius 1 is 0.742 bits per heavy atom. The van der Waals surface area contributed by atoms with Crippen LogP contribution in [0.5, 0.6) is 5.75 Å². The molecule has 0 spiro atoms. The van der Waals surface area contributed by atoms with E-state index in [0.717, 1.165) is 21.6 Å². The summed E-state index contributed by atoms with van der Waals surface area (Å²) in [5, 5.41) is 25.5. The molecule has 6 N–H and O–H groups in total. The lowest BCUT2D eigenvalue weighted by Crippen LogP contribution is -2.55. The highest BCUT2D eigenvalue weighted by Gasteiger charge is 2.45. The number of benzene rings is 1. The van der Waals surface area contributed by atoms with Crippen molar-refractivity contribution in [1.82, 2.24) is 31.5 Å². The zero-order valence-electron chi connectivity index (χ0n) is 57.7. The Morgan fingerprint density at radius 3 is 1.89 bits per heavy atom. The summed E-state index contributed by atoms with van der Waals surface area (Å²) >= 11 is 0. The molecular weight excluding hydrogens is 1170 g/mol. The topological polar surface area (TPSA) is 271 Å². The van der Waals surface area contributed by atoms with Crippen LogP contribution in [0, 0.1) is 70.5 Å². The molecule has 2 aliphatic rings. The van der Waals surface area contributed by atoms with E-state index >= 15 is 9.59 Å². The quantitative estimate of drug-likeness (QED) is 0.0590. The Bertz CT molecular complexity index is 2670. The zero-order valence-corrected chi connectivity index (χ0v) is 59.3. The number of carbonyl (C=O) groups excluding carboxylic acids is 11. The highest BCUT2D eigenvalue weighted by atomic mass is 33.1. The van der Waals surface area contributed by atoms with Crippen molar-refractivity contribution in [3.8, 4) is 5.75 Å². The minimum atomic E-state index is -1.27. The molecule has 0 bridgehead atoms. The molecule has 2 fully saturated rings. The van der Waals surface area contributed by atoms with E-state index in [-0.39, 0.29) is 116 Å². The molecule has 3 rings (SSSR count). The Balaban J connectivity index is 2.19. The number of aryl methyl sites for hydroxylation is 1. The largest absolute Gasteiger partial charge is 0.508 e. The summed E-state index contributed by atoms with van der Waals surface area (Å²) < 4.78 is 0. The normalized spacial score (nSPS) is 23.9. The van der Waals surface area contributed by atoms with Gasteiger partial charge in [-0.25, -0.2) is 0 Å². The van der Waals surface area contributed by atoms with Crippen molar-refractivity contribution in [1.29, 1.82) is 0 Å². The van der Waals surface area contributed by atoms with Crippen molar-refractivity contribution in [3.63, 3.8) is 0 Å². The fourth-order valence-corrected chi connectivity index (χ4v) is 14.2. The molecule has 20 heteroatoms. The predicted molar refractivity (Wildman–Crippen MR) is 355 cm³/mol. The van der Waals surface area contributed by atoms with Crippen molar-refractivity contribution in [2.75, 3.05) is 18.1 Å². The molecule has 18 nitrogen and oxygen atoms in total. The molecule has 502 valence electrons. The van der Waals surface area contributed by atoms with Gasteiger partial charge in [-0.15, -0.1) is 0 Å². The van der Waals surface area contributed by atoms with Crippen LogP contribution in [-0.2, 0) is 59.2 Å². The van der Waals surface area contributed by atoms with Crippen LogP contribution in [0.1, 0.15) is 207 Å². The van der Waals surface area contributed by atoms with E-state index < -0.39 is 129 Å². The smallest absolute Gasteiger partial charge is 0.246 e. The number of phenols is 1. The van der Waals surface area contributed by atoms with Crippen LogP contribution in [-0.4, -0.2) is 134 Å². The Hall–Kier alpha value is -4.95. The van der Waals surface area contributed by atoms with Crippen LogP contribution in [0.3, 0.4) is 0 Å². The van der Waals surface area contributed by atoms with Gasteiger partial charge in [0, 0.05) is 90.7 Å². The Morgan fingerprint density at radius 2 is 1.34 bits per heavy atom. The first-order valence-corrected chi connectivity index (χ1v) is 34.8. The van der Waals surface area contributed by atoms with E-state index in [2.05, 4.69) is 26.6 Å². The van der Waals surface area contributed by atoms with Crippen LogP contribution in [0.15, 0.2) is 18.2 Å². The van der Waals surface area contributed by atoms with E-state index in [1.54, 1.807) is 53.7 Å². The van der Waals surface area contributed by atoms with Crippen LogP contribution >= 0.6 is 21.6 Å². The minimum absolute atomic E-state index is 0.0426. The number of nitrogens with one attached hydrogen (secondary N) is 5. The summed E-state index contributed by atoms with van der Waals surface area (Å²) in [6, 6.07) is -1.26. The van der Waals surface area contributed by atoms with Crippen LogP contribution in [0.25, 0.3) is 0 Å². The van der Waals surface area contributed by atoms with Gasteiger partial charge in [0.2, 0.25) is 29.5 Å². The summed E-state index contributed by atoms with van der Waals surface area (Å²) in [6.07, 6.45) is 0.390. The standard InChI is InChI=1S/C69H112N6O12S2/c1-22-40(5)59(58(81)28-42(7)60(82)68(16,17)18)73-61(83)43(8)29-55(78)50-36-88-89-37-51(72-64(86)48(67(13,14)15)33-56(79)49(34-66(10,11)12)74-69(19,20)21)65(87)75-35-39(4)26-52(75)57(80)32-47(30-45-23-24-53(76)41(6)27-45)62(84)70-44(9)54(77)31-46(25-38(2)3)63(85)71-50/h23-24,27,38-40,42-44,46-52,59,74,76H,22,25-26,28-37H2,1-21H3,(H,70,84)(H,71,85)(H,72,86)(H,73,83)/t39-,40?,42-,43-,44+,46-,47-,48?,49+,50+,51+,52+,59+/m1/s1. The number of hydrogen-bond acceptors (Lipinski definition) is 15. The van der Waals surface area contributed by atoms with Gasteiger partial charge >= 0.3 is 0 Å². The molecule has 0 aliphatic carbocycles. The lowest BCUT2D eigenvalue weighted by molar-refractivity contribution is -0.142. The number of phenolic OH excluding ortho intramolecular Hbond substituents is 1. The number of rotatable bonds is 22. The van der Waals surface area contributed by atoms with E-state index in [4.69, 9.17) is 0 Å². The lowest BCUT2D eigenvalue weighted by Gasteiger charge is -2.35. The second-order valence-electron chi connectivity index (χ2n) is 30.9. The van der Waals surface area contributed by atoms with Gasteiger partial charge in [0.25, 0.3) is 0 Å². The molecule has 2 unspecified atom stereocenters. The second-order valence-corrected chi connectivity index (χ2v) is 33.4. The Kier molecular flexibility index (Phi) is 29.5. The number of fused-ring (bicyclic) bond motifs is 1. The molecule has 5 amide bonds. The van der Waals surface area contributed by atoms with Crippen molar-refractivity contribution >= 4 is 85.8 Å². The van der Waals surface area contributed by atoms with Crippen molar-refractivity contribution in [2.45, 2.75) is 251 Å². The molecule has 0 aromatic heterocycles. The number of Topliss-reactive ketones (excluding diaryl/α,β-unsaturated/α-hetero) is 6. The third kappa shape index (κ3) is 25.2. The third-order valence-electron chi connectivity index (χ3n) is 17.1. The molecule has 0 saturated carbocycles. The molecular formula is C69H112N6O12S2. The van der Waals surface area contributed by atoms with Gasteiger partial charge in [-0.3, -0.25) is 52.7 Å². The Labute approximate surface area is 540 Å². The summed E-state index contributed by atoms with van der Waals surface area (Å²) in [4.78, 5) is 160. The van der Waals surface area contributed by atoms with E-state index in [9.17, 15) is 48.3 Å². The number of ketones is 6. The van der Waals surface area contributed by atoms with E-state index in [0.29, 0.717) is 24.0 Å². The summed E-state index contributed by atoms with van der Waals surface area (Å²) in [5.41, 5.74) is -0.926. The summed E-state index contributed by atoms with van der Waals surface area (Å²) in [7, 11) is 2.31. The van der Waals surface area contributed by atoms with Gasteiger partial charge in [0.15, 0.2) is 28.9 Å². The molecule has 2 aliphatic heterocycles. The SMILES string of the molecule is CCC(C)[C@H](NC(=O)[C@H](C)CC(=O)[C@@H]1CSSC[C@H](NC(=O)C(CC(=O)[C@H](CC(C)(C)C)NC(C)(C)C)C(C)(C)C)C(=O)N2C[C@H](C)C[C@H]2C(=O)C[C@@H](Cc2ccc(O)c(C)c2)C(=O)N[C@@H](C)C(=O)C[C@@H](CC(C)C)C(=O)N1)C(=O)C[C@@H](C)C(=O)C(C)(C)C. The maximum Gasteiger partial charge on any atom is 0.246 e. The molecule has 1 aromatic rings. The van der Waals surface area contributed by atoms with Crippen LogP contribution < -0.4 is 26.6 Å². The van der Waals surface area contributed by atoms with Crippen molar-refractivity contribution in [3.05, 3.63) is 29.3 Å². The van der Waals surface area contributed by atoms with Gasteiger partial charge in [-0.2, -0.15) is 0 Å². The molecule has 13 atom stereocenters. The molecule has 1 aromatic carbocycles. The number of aromatic hydroxyl groups is 1. The fourth-order valence-electron chi connectivity index (χ4n) is 11.8. The minimum Gasteiger partial charge on any atom is -0.508 e. The van der Waals surface area contributed by atoms with Crippen molar-refractivity contribution in [2.24, 2.45) is 63.6 Å². The first-order valence-electron chi connectivity index (χ1n) is 32.3. The third-order valence-corrected chi connectivity index (χ3v) is 19.5. The summed E-state index contributed by atoms with van der Waals surface area (Å²) in [6.45, 7) is 39.1. The molecule has 2 heterocycles. The average Bonchev–Trinajstić information content (AvgIpc) is 2.90. The number of nitrogens with zero attached hydrogens (tertiary/aromatic N) is 1. The highest BCUT2D eigenvalue weighted by molar-refractivity contribution is 8.76. The molecule has 89 heavy (non-hydrogen) atoms. The number of amides is 5. The van der Waals surface area contributed by atoms with Crippen LogP contribution in [0.2, 0.25) is 0 Å².